The maximum absolute atomic E-state index is 12.1. The predicted molar refractivity (Wildman–Crippen MR) is 141 cm³/mol. The van der Waals surface area contributed by atoms with Crippen molar-refractivity contribution in [2.75, 3.05) is 49.1 Å². The molecule has 4 rings (SSSR count). The van der Waals surface area contributed by atoms with Crippen LogP contribution in [0.5, 0.6) is 0 Å². The zero-order valence-corrected chi connectivity index (χ0v) is 21.5. The Balaban J connectivity index is 1.26. The number of carbonyl (C=O) groups excluding carboxylic acids is 1. The van der Waals surface area contributed by atoms with E-state index < -0.39 is 6.03 Å². The van der Waals surface area contributed by atoms with Crippen LogP contribution in [0.2, 0.25) is 10.0 Å². The zero-order valence-electron chi connectivity index (χ0n) is 17.6. The van der Waals surface area contributed by atoms with Crippen LogP contribution < -0.4 is 15.5 Å². The van der Waals surface area contributed by atoms with Crippen molar-refractivity contribution in [1.82, 2.24) is 4.90 Å². The van der Waals surface area contributed by atoms with Gasteiger partial charge in [-0.05, 0) is 61.2 Å². The standard InChI is InChI=1S/C23H25BrCl2N4OS/c24-17-6-7-20-16(14-17)15-21(32-20)30(23(27)31)9-2-1-8-28-10-12-29(13-11-28)19-5-3-4-18(25)22(19)26/h3-7,14-15H,1-2,8-13H2,(H2,27,31). The smallest absolute Gasteiger partial charge is 0.319 e. The molecule has 170 valence electrons. The number of nitrogens with zero attached hydrogens (tertiary/aromatic N) is 3. The van der Waals surface area contributed by atoms with Gasteiger partial charge in [0.1, 0.15) is 5.00 Å². The molecule has 1 aliphatic heterocycles. The van der Waals surface area contributed by atoms with Crippen molar-refractivity contribution in [2.24, 2.45) is 5.73 Å². The first-order chi connectivity index (χ1) is 15.4. The summed E-state index contributed by atoms with van der Waals surface area (Å²) in [4.78, 5) is 18.5. The van der Waals surface area contributed by atoms with Crippen molar-refractivity contribution in [3.8, 4) is 0 Å². The molecule has 2 aromatic carbocycles. The fourth-order valence-corrected chi connectivity index (χ4v) is 5.88. The molecule has 0 saturated carbocycles. The Morgan fingerprint density at radius 2 is 1.88 bits per heavy atom. The van der Waals surface area contributed by atoms with Gasteiger partial charge in [0.25, 0.3) is 0 Å². The molecule has 2 amide bonds. The highest BCUT2D eigenvalue weighted by atomic mass is 79.9. The van der Waals surface area contributed by atoms with Gasteiger partial charge in [-0.2, -0.15) is 0 Å². The van der Waals surface area contributed by atoms with Crippen molar-refractivity contribution in [3.05, 3.63) is 57.0 Å². The summed E-state index contributed by atoms with van der Waals surface area (Å²) in [7, 11) is 0. The van der Waals surface area contributed by atoms with E-state index >= 15 is 0 Å². The van der Waals surface area contributed by atoms with Gasteiger partial charge in [-0.25, -0.2) is 4.79 Å². The van der Waals surface area contributed by atoms with E-state index in [-0.39, 0.29) is 0 Å². The van der Waals surface area contributed by atoms with E-state index in [1.54, 1.807) is 16.2 Å². The van der Waals surface area contributed by atoms with E-state index in [1.807, 2.05) is 30.3 Å². The summed E-state index contributed by atoms with van der Waals surface area (Å²) in [5.41, 5.74) is 6.69. The number of hydrogen-bond acceptors (Lipinski definition) is 4. The van der Waals surface area contributed by atoms with Crippen LogP contribution in [0, 0.1) is 0 Å². The summed E-state index contributed by atoms with van der Waals surface area (Å²) in [6.45, 7) is 5.43. The van der Waals surface area contributed by atoms with E-state index in [9.17, 15) is 4.79 Å². The molecule has 9 heteroatoms. The lowest BCUT2D eigenvalue weighted by Crippen LogP contribution is -2.46. The Bertz CT molecular complexity index is 1100. The summed E-state index contributed by atoms with van der Waals surface area (Å²) in [6.07, 6.45) is 1.92. The predicted octanol–water partition coefficient (Wildman–Crippen LogP) is 6.46. The number of hydrogen-bond donors (Lipinski definition) is 1. The Hall–Kier alpha value is -1.51. The number of thiophene rings is 1. The van der Waals surface area contributed by atoms with Crippen LogP contribution in [-0.4, -0.2) is 50.2 Å². The number of rotatable bonds is 7. The van der Waals surface area contributed by atoms with Gasteiger partial charge in [-0.1, -0.05) is 45.2 Å². The van der Waals surface area contributed by atoms with Crippen molar-refractivity contribution in [3.63, 3.8) is 0 Å². The molecular weight excluding hydrogens is 531 g/mol. The maximum Gasteiger partial charge on any atom is 0.319 e. The first-order valence-electron chi connectivity index (χ1n) is 10.6. The van der Waals surface area contributed by atoms with Crippen LogP contribution in [0.1, 0.15) is 12.8 Å². The third kappa shape index (κ3) is 5.51. The normalized spacial score (nSPS) is 14.8. The van der Waals surface area contributed by atoms with Crippen LogP contribution in [0.3, 0.4) is 0 Å². The van der Waals surface area contributed by atoms with Gasteiger partial charge in [0, 0.05) is 41.9 Å². The molecule has 1 saturated heterocycles. The summed E-state index contributed by atoms with van der Waals surface area (Å²) in [6, 6.07) is 13.5. The lowest BCUT2D eigenvalue weighted by molar-refractivity contribution is 0.249. The fraction of sp³-hybridized carbons (Fsp3) is 0.348. The zero-order chi connectivity index (χ0) is 22.7. The van der Waals surface area contributed by atoms with E-state index in [4.69, 9.17) is 28.9 Å². The number of halogens is 3. The maximum atomic E-state index is 12.1. The molecule has 2 N–H and O–H groups in total. The van der Waals surface area contributed by atoms with Gasteiger partial charge in [-0.3, -0.25) is 9.80 Å². The number of piperazine rings is 1. The number of fused-ring (bicyclic) bond motifs is 1. The molecule has 0 atom stereocenters. The third-order valence-electron chi connectivity index (χ3n) is 5.75. The number of amides is 2. The Morgan fingerprint density at radius 1 is 1.09 bits per heavy atom. The van der Waals surface area contributed by atoms with Crippen molar-refractivity contribution in [2.45, 2.75) is 12.8 Å². The lowest BCUT2D eigenvalue weighted by atomic mass is 10.2. The highest BCUT2D eigenvalue weighted by Crippen LogP contribution is 2.35. The van der Waals surface area contributed by atoms with Crippen LogP contribution in [0.15, 0.2) is 46.9 Å². The molecule has 2 heterocycles. The van der Waals surface area contributed by atoms with Gasteiger partial charge in [-0.15, -0.1) is 11.3 Å². The molecule has 0 unspecified atom stereocenters. The molecule has 1 aliphatic rings. The van der Waals surface area contributed by atoms with Crippen LogP contribution in [-0.2, 0) is 0 Å². The first-order valence-corrected chi connectivity index (χ1v) is 13.0. The van der Waals surface area contributed by atoms with Gasteiger partial charge >= 0.3 is 6.03 Å². The van der Waals surface area contributed by atoms with Gasteiger partial charge < -0.3 is 10.6 Å². The van der Waals surface area contributed by atoms with Crippen LogP contribution in [0.4, 0.5) is 15.5 Å². The quantitative estimate of drug-likeness (QED) is 0.340. The van der Waals surface area contributed by atoms with E-state index in [0.717, 1.165) is 70.8 Å². The molecule has 0 radical (unpaired) electrons. The summed E-state index contributed by atoms with van der Waals surface area (Å²) < 4.78 is 2.17. The number of primary amides is 1. The monoisotopic (exact) mass is 554 g/mol. The first kappa shape index (κ1) is 23.6. The third-order valence-corrected chi connectivity index (χ3v) is 8.19. The average molecular weight is 556 g/mol. The average Bonchev–Trinajstić information content (AvgIpc) is 3.18. The molecule has 0 aliphatic carbocycles. The van der Waals surface area contributed by atoms with Gasteiger partial charge in [0.05, 0.1) is 15.7 Å². The number of nitrogens with two attached hydrogens (primary N) is 1. The molecule has 1 aromatic heterocycles. The topological polar surface area (TPSA) is 52.8 Å². The van der Waals surface area contributed by atoms with Crippen LogP contribution >= 0.6 is 50.5 Å². The van der Waals surface area contributed by atoms with Crippen molar-refractivity contribution < 1.29 is 4.79 Å². The Kier molecular flexibility index (Phi) is 7.84. The number of unbranched alkanes of at least 4 members (excludes halogenated alkanes) is 1. The van der Waals surface area contributed by atoms with Gasteiger partial charge in [0.2, 0.25) is 0 Å². The fourth-order valence-electron chi connectivity index (χ4n) is 4.02. The molecule has 0 bridgehead atoms. The SMILES string of the molecule is NC(=O)N(CCCCN1CCN(c2cccc(Cl)c2Cl)CC1)c1cc2cc(Br)ccc2s1. The summed E-state index contributed by atoms with van der Waals surface area (Å²) in [5, 5.41) is 3.24. The lowest BCUT2D eigenvalue weighted by Gasteiger charge is -2.36. The Labute approximate surface area is 210 Å². The van der Waals surface area contributed by atoms with Crippen LogP contribution in [0.25, 0.3) is 10.1 Å². The molecule has 1 fully saturated rings. The minimum Gasteiger partial charge on any atom is -0.368 e. The molecule has 0 spiro atoms. The van der Waals surface area contributed by atoms with E-state index in [0.29, 0.717) is 16.6 Å². The summed E-state index contributed by atoms with van der Waals surface area (Å²) in [5.74, 6) is 0. The second-order valence-corrected chi connectivity index (χ2v) is 10.6. The number of carbonyl (C=O) groups is 1. The molecule has 32 heavy (non-hydrogen) atoms. The van der Waals surface area contributed by atoms with Crippen molar-refractivity contribution >= 4 is 77.3 Å². The minimum absolute atomic E-state index is 0.400. The number of anilines is 2. The molecule has 5 nitrogen and oxygen atoms in total. The summed E-state index contributed by atoms with van der Waals surface area (Å²) >= 11 is 17.6. The highest BCUT2D eigenvalue weighted by Gasteiger charge is 2.20. The second kappa shape index (κ2) is 10.6. The number of benzene rings is 2. The van der Waals surface area contributed by atoms with Gasteiger partial charge in [0.15, 0.2) is 0 Å². The second-order valence-electron chi connectivity index (χ2n) is 7.87. The Morgan fingerprint density at radius 3 is 2.62 bits per heavy atom. The molecular formula is C23H25BrCl2N4OS. The largest absolute Gasteiger partial charge is 0.368 e. The highest BCUT2D eigenvalue weighted by molar-refractivity contribution is 9.10. The van der Waals surface area contributed by atoms with Crippen molar-refractivity contribution in [1.29, 1.82) is 0 Å². The van der Waals surface area contributed by atoms with E-state index in [1.165, 1.54) is 0 Å². The van der Waals surface area contributed by atoms with E-state index in [2.05, 4.69) is 37.9 Å². The number of urea groups is 1. The minimum atomic E-state index is -0.400. The molecule has 3 aromatic rings.